The van der Waals surface area contributed by atoms with Crippen molar-refractivity contribution in [1.29, 1.82) is 0 Å². The highest BCUT2D eigenvalue weighted by Gasteiger charge is 2.19. The molecule has 0 N–H and O–H groups in total. The highest BCUT2D eigenvalue weighted by atomic mass is 16.6. The molecule has 0 radical (unpaired) electrons. The van der Waals surface area contributed by atoms with Crippen LogP contribution >= 0.6 is 0 Å². The fraction of sp³-hybridized carbons (Fsp3) is 0.623. The van der Waals surface area contributed by atoms with Gasteiger partial charge in [0, 0.05) is 19.3 Å². The Bertz CT molecular complexity index is 1440. The fourth-order valence-electron chi connectivity index (χ4n) is 6.87. The molecule has 0 saturated carbocycles. The number of allylic oxidation sites excluding steroid dienone is 20. The quantitative estimate of drug-likeness (QED) is 0.0262. The standard InChI is InChI=1S/C61H98O6/c1-4-7-10-13-16-19-22-25-27-29-30-32-33-36-39-42-45-48-51-54-60(63)66-57-58(56-65-59(62)53-50-47-44-41-38-35-24-21-18-15-12-9-6-3)67-61(64)55-52-49-46-43-40-37-34-31-28-26-23-20-17-14-11-8-5-2/h8,11,16-17,19-21,24-28,30,32,34,36-37,39,43,46,58H,4-7,9-10,12-15,18,22-23,29,31,33,35,38,40-42,44-45,47-57H2,1-3H3/b11-8-,19-16-,20-17-,24-21-,27-25-,28-26-,32-30-,37-34-,39-36-,46-43-/t58-/m1/s1. The summed E-state index contributed by atoms with van der Waals surface area (Å²) in [6.07, 6.45) is 74.7. The molecule has 0 aromatic carbocycles. The SMILES string of the molecule is CC/C=C\C/C=C\C/C=C\C/C=C\C/C=C\CCCC(=O)O[C@@H](COC(=O)CCCCC/C=C\C/C=C\C/C=C\C/C=C\CCCCC)COC(=O)CCCCCCC/C=C\CCCCCC. The van der Waals surface area contributed by atoms with Crippen LogP contribution in [0.15, 0.2) is 122 Å². The van der Waals surface area contributed by atoms with E-state index in [1.54, 1.807) is 0 Å². The van der Waals surface area contributed by atoms with Gasteiger partial charge in [0.15, 0.2) is 6.10 Å². The van der Waals surface area contributed by atoms with Crippen molar-refractivity contribution >= 4 is 17.9 Å². The van der Waals surface area contributed by atoms with E-state index < -0.39 is 6.10 Å². The molecular weight excluding hydrogens is 829 g/mol. The molecule has 0 spiro atoms. The summed E-state index contributed by atoms with van der Waals surface area (Å²) < 4.78 is 16.7. The number of hydrogen-bond donors (Lipinski definition) is 0. The average molecular weight is 927 g/mol. The zero-order valence-electron chi connectivity index (χ0n) is 43.1. The Morgan fingerprint density at radius 1 is 0.313 bits per heavy atom. The van der Waals surface area contributed by atoms with Crippen LogP contribution in [0, 0.1) is 0 Å². The first kappa shape index (κ1) is 62.8. The van der Waals surface area contributed by atoms with E-state index in [0.717, 1.165) is 116 Å². The van der Waals surface area contributed by atoms with Crippen LogP contribution in [0.5, 0.6) is 0 Å². The number of ether oxygens (including phenoxy) is 3. The van der Waals surface area contributed by atoms with Gasteiger partial charge in [-0.05, 0) is 128 Å². The van der Waals surface area contributed by atoms with Crippen LogP contribution < -0.4 is 0 Å². The van der Waals surface area contributed by atoms with Gasteiger partial charge in [-0.25, -0.2) is 0 Å². The summed E-state index contributed by atoms with van der Waals surface area (Å²) in [4.78, 5) is 38.0. The molecule has 6 heteroatoms. The number of esters is 3. The fourth-order valence-corrected chi connectivity index (χ4v) is 6.87. The molecule has 0 saturated heterocycles. The van der Waals surface area contributed by atoms with Gasteiger partial charge >= 0.3 is 17.9 Å². The maximum atomic E-state index is 12.8. The van der Waals surface area contributed by atoms with Crippen molar-refractivity contribution in [3.8, 4) is 0 Å². The van der Waals surface area contributed by atoms with Crippen LogP contribution in [0.2, 0.25) is 0 Å². The first-order valence-electron chi connectivity index (χ1n) is 27.0. The highest BCUT2D eigenvalue weighted by molar-refractivity contribution is 5.71. The first-order valence-corrected chi connectivity index (χ1v) is 27.0. The Balaban J connectivity index is 4.56. The Morgan fingerprint density at radius 3 is 1.01 bits per heavy atom. The topological polar surface area (TPSA) is 78.9 Å². The van der Waals surface area contributed by atoms with Crippen molar-refractivity contribution in [1.82, 2.24) is 0 Å². The molecule has 0 aromatic heterocycles. The van der Waals surface area contributed by atoms with Gasteiger partial charge in [0.05, 0.1) is 0 Å². The van der Waals surface area contributed by atoms with E-state index in [2.05, 4.69) is 142 Å². The van der Waals surface area contributed by atoms with Gasteiger partial charge in [0.1, 0.15) is 13.2 Å². The normalized spacial score (nSPS) is 13.1. The van der Waals surface area contributed by atoms with Crippen LogP contribution in [-0.4, -0.2) is 37.2 Å². The van der Waals surface area contributed by atoms with Gasteiger partial charge in [-0.1, -0.05) is 200 Å². The molecule has 67 heavy (non-hydrogen) atoms. The summed E-state index contributed by atoms with van der Waals surface area (Å²) in [5.41, 5.74) is 0. The van der Waals surface area contributed by atoms with Crippen molar-refractivity contribution in [2.24, 2.45) is 0 Å². The highest BCUT2D eigenvalue weighted by Crippen LogP contribution is 2.12. The molecule has 0 fully saturated rings. The molecular formula is C61H98O6. The van der Waals surface area contributed by atoms with E-state index in [0.29, 0.717) is 19.3 Å². The van der Waals surface area contributed by atoms with E-state index in [1.807, 2.05) is 0 Å². The van der Waals surface area contributed by atoms with E-state index >= 15 is 0 Å². The molecule has 0 aliphatic rings. The molecule has 378 valence electrons. The van der Waals surface area contributed by atoms with E-state index in [-0.39, 0.29) is 37.5 Å². The second kappa shape index (κ2) is 54.4. The van der Waals surface area contributed by atoms with Crippen LogP contribution in [0.25, 0.3) is 0 Å². The van der Waals surface area contributed by atoms with E-state index in [4.69, 9.17) is 14.2 Å². The Morgan fingerprint density at radius 2 is 0.597 bits per heavy atom. The lowest BCUT2D eigenvalue weighted by Gasteiger charge is -2.18. The predicted molar refractivity (Wildman–Crippen MR) is 288 cm³/mol. The van der Waals surface area contributed by atoms with Crippen LogP contribution in [0.1, 0.15) is 226 Å². The first-order chi connectivity index (χ1) is 33.0. The summed E-state index contributed by atoms with van der Waals surface area (Å²) in [6, 6.07) is 0. The lowest BCUT2D eigenvalue weighted by molar-refractivity contribution is -0.167. The maximum Gasteiger partial charge on any atom is 0.306 e. The lowest BCUT2D eigenvalue weighted by Crippen LogP contribution is -2.30. The second-order valence-corrected chi connectivity index (χ2v) is 17.4. The van der Waals surface area contributed by atoms with Crippen molar-refractivity contribution in [3.63, 3.8) is 0 Å². The number of hydrogen-bond acceptors (Lipinski definition) is 6. The van der Waals surface area contributed by atoms with Gasteiger partial charge in [-0.15, -0.1) is 0 Å². The molecule has 0 bridgehead atoms. The van der Waals surface area contributed by atoms with Crippen molar-refractivity contribution in [2.75, 3.05) is 13.2 Å². The van der Waals surface area contributed by atoms with E-state index in [9.17, 15) is 14.4 Å². The van der Waals surface area contributed by atoms with E-state index in [1.165, 1.54) is 64.2 Å². The summed E-state index contributed by atoms with van der Waals surface area (Å²) in [5, 5.41) is 0. The Labute approximate surface area is 412 Å². The van der Waals surface area contributed by atoms with Crippen LogP contribution in [0.3, 0.4) is 0 Å². The third-order valence-electron chi connectivity index (χ3n) is 10.9. The largest absolute Gasteiger partial charge is 0.462 e. The second-order valence-electron chi connectivity index (χ2n) is 17.4. The molecule has 0 aliphatic heterocycles. The molecule has 0 aromatic rings. The van der Waals surface area contributed by atoms with Gasteiger partial charge < -0.3 is 14.2 Å². The summed E-state index contributed by atoms with van der Waals surface area (Å²) >= 11 is 0. The lowest BCUT2D eigenvalue weighted by atomic mass is 10.1. The van der Waals surface area contributed by atoms with Gasteiger partial charge in [-0.2, -0.15) is 0 Å². The summed E-state index contributed by atoms with van der Waals surface area (Å²) in [6.45, 7) is 6.38. The number of unbranched alkanes of at least 4 members (excludes halogenated alkanes) is 16. The number of carbonyl (C=O) groups is 3. The molecule has 0 aliphatic carbocycles. The number of rotatable bonds is 47. The zero-order valence-corrected chi connectivity index (χ0v) is 43.1. The molecule has 0 rings (SSSR count). The number of carbonyl (C=O) groups excluding carboxylic acids is 3. The minimum Gasteiger partial charge on any atom is -0.462 e. The smallest absolute Gasteiger partial charge is 0.306 e. The van der Waals surface area contributed by atoms with Crippen molar-refractivity contribution in [3.05, 3.63) is 122 Å². The molecule has 0 unspecified atom stereocenters. The zero-order chi connectivity index (χ0) is 48.6. The van der Waals surface area contributed by atoms with Gasteiger partial charge in [0.2, 0.25) is 0 Å². The van der Waals surface area contributed by atoms with Crippen LogP contribution in [-0.2, 0) is 28.6 Å². The Hall–Kier alpha value is -4.19. The minimum absolute atomic E-state index is 0.119. The third kappa shape index (κ3) is 52.6. The molecule has 0 amide bonds. The van der Waals surface area contributed by atoms with Crippen LogP contribution in [0.4, 0.5) is 0 Å². The summed E-state index contributed by atoms with van der Waals surface area (Å²) in [7, 11) is 0. The molecule has 6 nitrogen and oxygen atoms in total. The van der Waals surface area contributed by atoms with Gasteiger partial charge in [-0.3, -0.25) is 14.4 Å². The monoisotopic (exact) mass is 927 g/mol. The minimum atomic E-state index is -0.828. The predicted octanol–water partition coefficient (Wildman–Crippen LogP) is 18.1. The third-order valence-corrected chi connectivity index (χ3v) is 10.9. The van der Waals surface area contributed by atoms with Crippen molar-refractivity contribution < 1.29 is 28.6 Å². The maximum absolute atomic E-state index is 12.8. The van der Waals surface area contributed by atoms with Gasteiger partial charge in [0.25, 0.3) is 0 Å². The summed E-state index contributed by atoms with van der Waals surface area (Å²) in [5.74, 6) is -1.02. The molecule has 1 atom stereocenters. The Kier molecular flexibility index (Phi) is 51.0. The average Bonchev–Trinajstić information content (AvgIpc) is 3.33. The molecule has 0 heterocycles. The van der Waals surface area contributed by atoms with Crippen molar-refractivity contribution in [2.45, 2.75) is 232 Å².